The van der Waals surface area contributed by atoms with Crippen LogP contribution in [0.4, 0.5) is 0 Å². The van der Waals surface area contributed by atoms with E-state index in [0.29, 0.717) is 0 Å². The van der Waals surface area contributed by atoms with Gasteiger partial charge in [0.15, 0.2) is 0 Å². The minimum Gasteiger partial charge on any atom is -0.343 e. The number of carbonyl (C=O) groups is 1. The number of thioether (sulfide) groups is 1. The molecule has 1 fully saturated rings. The van der Waals surface area contributed by atoms with Gasteiger partial charge in [-0.15, -0.1) is 11.8 Å². The normalized spacial score (nSPS) is 24.5. The molecule has 1 aliphatic heterocycles. The molecule has 3 heteroatoms. The first kappa shape index (κ1) is 10.6. The SMILES string of the molecule is CCC1C(=O)NC1Sc1ccc(C)cc1. The second-order valence-electron chi connectivity index (χ2n) is 3.87. The number of hydrogen-bond acceptors (Lipinski definition) is 2. The van der Waals surface area contributed by atoms with Gasteiger partial charge in [0.2, 0.25) is 5.91 Å². The summed E-state index contributed by atoms with van der Waals surface area (Å²) in [6.45, 7) is 4.14. The summed E-state index contributed by atoms with van der Waals surface area (Å²) >= 11 is 1.74. The van der Waals surface area contributed by atoms with Crippen LogP contribution in [0.2, 0.25) is 0 Å². The Kier molecular flexibility index (Phi) is 3.00. The lowest BCUT2D eigenvalue weighted by molar-refractivity contribution is -0.132. The van der Waals surface area contributed by atoms with Gasteiger partial charge >= 0.3 is 0 Å². The molecule has 0 spiro atoms. The maximum absolute atomic E-state index is 11.2. The lowest BCUT2D eigenvalue weighted by atomic mass is 9.99. The van der Waals surface area contributed by atoms with Crippen molar-refractivity contribution < 1.29 is 4.79 Å². The molecule has 15 heavy (non-hydrogen) atoms. The van der Waals surface area contributed by atoms with Crippen LogP contribution in [-0.4, -0.2) is 11.3 Å². The summed E-state index contributed by atoms with van der Waals surface area (Å²) in [6, 6.07) is 8.42. The molecule has 0 bridgehead atoms. The number of rotatable bonds is 3. The summed E-state index contributed by atoms with van der Waals surface area (Å²) in [5, 5.41) is 3.20. The van der Waals surface area contributed by atoms with Gasteiger partial charge in [0.05, 0.1) is 11.3 Å². The standard InChI is InChI=1S/C12H15NOS/c1-3-10-11(14)13-12(10)15-9-6-4-8(2)5-7-9/h4-7,10,12H,3H2,1-2H3,(H,13,14). The summed E-state index contributed by atoms with van der Waals surface area (Å²) in [5.41, 5.74) is 1.27. The van der Waals surface area contributed by atoms with E-state index in [2.05, 4.69) is 43.4 Å². The molecule has 1 heterocycles. The third-order valence-corrected chi connectivity index (χ3v) is 3.96. The number of amides is 1. The molecule has 1 aliphatic rings. The van der Waals surface area contributed by atoms with Crippen molar-refractivity contribution in [3.63, 3.8) is 0 Å². The Hall–Kier alpha value is -0.960. The van der Waals surface area contributed by atoms with E-state index < -0.39 is 0 Å². The molecule has 1 aromatic rings. The summed E-state index contributed by atoms with van der Waals surface area (Å²) < 4.78 is 0. The minimum atomic E-state index is 0.191. The molecule has 0 radical (unpaired) electrons. The van der Waals surface area contributed by atoms with Crippen molar-refractivity contribution in [3.8, 4) is 0 Å². The Morgan fingerprint density at radius 2 is 2.00 bits per heavy atom. The average Bonchev–Trinajstić information content (AvgIpc) is 2.21. The molecule has 2 unspecified atom stereocenters. The second-order valence-corrected chi connectivity index (χ2v) is 5.09. The highest BCUT2D eigenvalue weighted by Gasteiger charge is 2.38. The van der Waals surface area contributed by atoms with E-state index in [-0.39, 0.29) is 17.2 Å². The minimum absolute atomic E-state index is 0.191. The summed E-state index contributed by atoms with van der Waals surface area (Å²) in [6.07, 6.45) is 0.926. The zero-order valence-corrected chi connectivity index (χ0v) is 9.80. The predicted octanol–water partition coefficient (Wildman–Crippen LogP) is 2.57. The highest BCUT2D eigenvalue weighted by molar-refractivity contribution is 8.00. The molecule has 2 atom stereocenters. The van der Waals surface area contributed by atoms with Crippen molar-refractivity contribution in [2.75, 3.05) is 0 Å². The van der Waals surface area contributed by atoms with Crippen molar-refractivity contribution in [1.29, 1.82) is 0 Å². The molecule has 0 aromatic heterocycles. The fourth-order valence-corrected chi connectivity index (χ4v) is 2.91. The van der Waals surface area contributed by atoms with E-state index in [9.17, 15) is 4.79 Å². The first-order valence-corrected chi connectivity index (χ1v) is 6.12. The number of aryl methyl sites for hydroxylation is 1. The largest absolute Gasteiger partial charge is 0.343 e. The van der Waals surface area contributed by atoms with Crippen molar-refractivity contribution in [3.05, 3.63) is 29.8 Å². The number of carbonyl (C=O) groups excluding carboxylic acids is 1. The van der Waals surface area contributed by atoms with E-state index >= 15 is 0 Å². The zero-order valence-electron chi connectivity index (χ0n) is 8.99. The van der Waals surface area contributed by atoms with Crippen LogP contribution in [0.15, 0.2) is 29.2 Å². The van der Waals surface area contributed by atoms with Crippen LogP contribution < -0.4 is 5.32 Å². The maximum Gasteiger partial charge on any atom is 0.226 e. The molecule has 1 N–H and O–H groups in total. The number of benzene rings is 1. The van der Waals surface area contributed by atoms with Crippen LogP contribution in [0, 0.1) is 12.8 Å². The molecule has 1 amide bonds. The van der Waals surface area contributed by atoms with Gasteiger partial charge in [-0.05, 0) is 25.5 Å². The van der Waals surface area contributed by atoms with Crippen molar-refractivity contribution in [2.24, 2.45) is 5.92 Å². The molecule has 2 nitrogen and oxygen atoms in total. The van der Waals surface area contributed by atoms with Crippen molar-refractivity contribution >= 4 is 17.7 Å². The van der Waals surface area contributed by atoms with Gasteiger partial charge in [0.25, 0.3) is 0 Å². The molecule has 2 rings (SSSR count). The lowest BCUT2D eigenvalue weighted by Crippen LogP contribution is -2.55. The molecular weight excluding hydrogens is 206 g/mol. The smallest absolute Gasteiger partial charge is 0.226 e. The van der Waals surface area contributed by atoms with E-state index in [1.54, 1.807) is 11.8 Å². The topological polar surface area (TPSA) is 29.1 Å². The van der Waals surface area contributed by atoms with Gasteiger partial charge < -0.3 is 5.32 Å². The van der Waals surface area contributed by atoms with Gasteiger partial charge in [0, 0.05) is 4.90 Å². The van der Waals surface area contributed by atoms with Crippen LogP contribution in [-0.2, 0) is 4.79 Å². The van der Waals surface area contributed by atoms with Gasteiger partial charge in [-0.25, -0.2) is 0 Å². The van der Waals surface area contributed by atoms with E-state index in [1.807, 2.05) is 0 Å². The van der Waals surface area contributed by atoms with E-state index in [0.717, 1.165) is 6.42 Å². The number of hydrogen-bond donors (Lipinski definition) is 1. The summed E-state index contributed by atoms with van der Waals surface area (Å²) in [4.78, 5) is 12.4. The highest BCUT2D eigenvalue weighted by Crippen LogP contribution is 2.33. The Balaban J connectivity index is 1.98. The van der Waals surface area contributed by atoms with Crippen LogP contribution in [0.3, 0.4) is 0 Å². The first-order valence-electron chi connectivity index (χ1n) is 5.24. The van der Waals surface area contributed by atoms with Gasteiger partial charge in [-0.3, -0.25) is 4.79 Å². The molecular formula is C12H15NOS. The highest BCUT2D eigenvalue weighted by atomic mass is 32.2. The zero-order chi connectivity index (χ0) is 10.8. The molecule has 0 aliphatic carbocycles. The van der Waals surface area contributed by atoms with Crippen molar-refractivity contribution in [1.82, 2.24) is 5.32 Å². The molecule has 1 aromatic carbocycles. The van der Waals surface area contributed by atoms with Crippen LogP contribution in [0.1, 0.15) is 18.9 Å². The van der Waals surface area contributed by atoms with Crippen LogP contribution in [0.25, 0.3) is 0 Å². The Labute approximate surface area is 94.4 Å². The Morgan fingerprint density at radius 1 is 1.33 bits per heavy atom. The maximum atomic E-state index is 11.2. The third-order valence-electron chi connectivity index (χ3n) is 2.71. The Morgan fingerprint density at radius 3 is 2.53 bits per heavy atom. The average molecular weight is 221 g/mol. The Bertz CT molecular complexity index is 360. The summed E-state index contributed by atoms with van der Waals surface area (Å²) in [7, 11) is 0. The third kappa shape index (κ3) is 2.17. The molecule has 1 saturated heterocycles. The lowest BCUT2D eigenvalue weighted by Gasteiger charge is -2.35. The molecule has 0 saturated carbocycles. The monoisotopic (exact) mass is 221 g/mol. The van der Waals surface area contributed by atoms with Gasteiger partial charge in [-0.1, -0.05) is 24.6 Å². The van der Waals surface area contributed by atoms with E-state index in [1.165, 1.54) is 10.5 Å². The van der Waals surface area contributed by atoms with Crippen LogP contribution >= 0.6 is 11.8 Å². The quantitative estimate of drug-likeness (QED) is 0.795. The van der Waals surface area contributed by atoms with Crippen LogP contribution in [0.5, 0.6) is 0 Å². The van der Waals surface area contributed by atoms with Gasteiger partial charge in [-0.2, -0.15) is 0 Å². The van der Waals surface area contributed by atoms with Gasteiger partial charge in [0.1, 0.15) is 0 Å². The number of β-lactam (4-membered cyclic amide) rings is 1. The van der Waals surface area contributed by atoms with Crippen molar-refractivity contribution in [2.45, 2.75) is 30.5 Å². The number of nitrogens with one attached hydrogen (secondary N) is 1. The summed E-state index contributed by atoms with van der Waals surface area (Å²) in [5.74, 6) is 0.387. The first-order chi connectivity index (χ1) is 7.20. The van der Waals surface area contributed by atoms with E-state index in [4.69, 9.17) is 0 Å². The fraction of sp³-hybridized carbons (Fsp3) is 0.417. The predicted molar refractivity (Wildman–Crippen MR) is 62.7 cm³/mol. The second kappa shape index (κ2) is 4.27. The fourth-order valence-electron chi connectivity index (χ4n) is 1.66. The molecule has 80 valence electrons.